The van der Waals surface area contributed by atoms with Gasteiger partial charge in [0.1, 0.15) is 0 Å². The average molecular weight is 410 g/mol. The van der Waals surface area contributed by atoms with Crippen molar-refractivity contribution in [3.05, 3.63) is 60.2 Å². The van der Waals surface area contributed by atoms with E-state index in [9.17, 15) is 9.59 Å². The molecule has 0 aliphatic carbocycles. The number of hydrogen-bond acceptors (Lipinski definition) is 6. The first-order chi connectivity index (χ1) is 13.8. The van der Waals surface area contributed by atoms with Crippen LogP contribution in [0.1, 0.15) is 38.1 Å². The van der Waals surface area contributed by atoms with Crippen molar-refractivity contribution in [3.63, 3.8) is 0 Å². The number of Topliss-reactive ketones (excluding diaryl/α,β-unsaturated/α-hetero) is 1. The molecular weight excluding hydrogens is 386 g/mol. The van der Waals surface area contributed by atoms with Crippen molar-refractivity contribution in [2.45, 2.75) is 38.1 Å². The third-order valence-corrected chi connectivity index (χ3v) is 5.23. The highest BCUT2D eigenvalue weighted by atomic mass is 32.2. The normalized spacial score (nSPS) is 12.4. The summed E-state index contributed by atoms with van der Waals surface area (Å²) in [4.78, 5) is 24.9. The summed E-state index contributed by atoms with van der Waals surface area (Å²) in [6.45, 7) is 7.37. The molecule has 0 saturated heterocycles. The second-order valence-corrected chi connectivity index (χ2v) is 8.92. The molecule has 7 nitrogen and oxygen atoms in total. The van der Waals surface area contributed by atoms with Crippen LogP contribution in [0.5, 0.6) is 0 Å². The minimum atomic E-state index is -0.484. The molecule has 0 fully saturated rings. The average Bonchev–Trinajstić information content (AvgIpc) is 3.16. The van der Waals surface area contributed by atoms with Crippen molar-refractivity contribution < 1.29 is 9.59 Å². The van der Waals surface area contributed by atoms with Crippen LogP contribution in [0.25, 0.3) is 5.69 Å². The molecule has 0 aliphatic heterocycles. The maximum atomic E-state index is 12.8. The van der Waals surface area contributed by atoms with Gasteiger partial charge in [-0.3, -0.25) is 9.59 Å². The summed E-state index contributed by atoms with van der Waals surface area (Å²) in [6, 6.07) is 16.4. The van der Waals surface area contributed by atoms with Gasteiger partial charge >= 0.3 is 0 Å². The molecule has 0 saturated carbocycles. The molecule has 0 unspecified atom stereocenters. The number of para-hydroxylation sites is 1. The third kappa shape index (κ3) is 5.08. The van der Waals surface area contributed by atoms with Crippen LogP contribution in [0.4, 0.5) is 5.69 Å². The summed E-state index contributed by atoms with van der Waals surface area (Å²) < 4.78 is 1.61. The zero-order valence-electron chi connectivity index (χ0n) is 16.8. The Hall–Kier alpha value is -3.00. The van der Waals surface area contributed by atoms with Gasteiger partial charge in [-0.25, -0.2) is 0 Å². The highest BCUT2D eigenvalue weighted by Gasteiger charge is 2.22. The lowest BCUT2D eigenvalue weighted by atomic mass is 9.95. The van der Waals surface area contributed by atoms with Gasteiger partial charge in [-0.15, -0.1) is 5.10 Å². The smallest absolute Gasteiger partial charge is 0.229 e. The zero-order valence-corrected chi connectivity index (χ0v) is 17.6. The largest absolute Gasteiger partial charge is 0.326 e. The summed E-state index contributed by atoms with van der Waals surface area (Å²) >= 11 is 1.30. The van der Waals surface area contributed by atoms with Crippen LogP contribution in [0.15, 0.2) is 59.8 Å². The molecular formula is C21H23N5O2S. The first-order valence-corrected chi connectivity index (χ1v) is 10.1. The lowest BCUT2D eigenvalue weighted by Gasteiger charge is -2.17. The number of nitrogens with zero attached hydrogens (tertiary/aromatic N) is 4. The molecule has 8 heteroatoms. The molecule has 3 aromatic rings. The molecule has 3 rings (SSSR count). The zero-order chi connectivity index (χ0) is 21.0. The van der Waals surface area contributed by atoms with Gasteiger partial charge in [0.05, 0.1) is 10.9 Å². The number of aromatic nitrogens is 4. The Morgan fingerprint density at radius 3 is 2.31 bits per heavy atom. The fraction of sp³-hybridized carbons (Fsp3) is 0.286. The van der Waals surface area contributed by atoms with Gasteiger partial charge in [-0.05, 0) is 53.7 Å². The van der Waals surface area contributed by atoms with Crippen LogP contribution in [0.2, 0.25) is 0 Å². The van der Waals surface area contributed by atoms with Crippen LogP contribution in [-0.2, 0) is 4.79 Å². The van der Waals surface area contributed by atoms with E-state index in [1.54, 1.807) is 28.9 Å². The lowest BCUT2D eigenvalue weighted by molar-refractivity contribution is -0.123. The first kappa shape index (κ1) is 20.7. The summed E-state index contributed by atoms with van der Waals surface area (Å²) in [7, 11) is 0. The highest BCUT2D eigenvalue weighted by molar-refractivity contribution is 8.00. The molecule has 0 bridgehead atoms. The molecule has 29 heavy (non-hydrogen) atoms. The minimum absolute atomic E-state index is 0.0358. The van der Waals surface area contributed by atoms with Gasteiger partial charge in [0.25, 0.3) is 0 Å². The maximum absolute atomic E-state index is 12.8. The Morgan fingerprint density at radius 1 is 1.03 bits per heavy atom. The van der Waals surface area contributed by atoms with Gasteiger partial charge < -0.3 is 5.32 Å². The first-order valence-electron chi connectivity index (χ1n) is 9.22. The van der Waals surface area contributed by atoms with Crippen LogP contribution in [0.3, 0.4) is 0 Å². The Bertz CT molecular complexity index is 994. The summed E-state index contributed by atoms with van der Waals surface area (Å²) in [5.41, 5.74) is 1.58. The number of carbonyl (C=O) groups excluding carboxylic acids is 2. The van der Waals surface area contributed by atoms with Crippen molar-refractivity contribution in [3.8, 4) is 5.69 Å². The van der Waals surface area contributed by atoms with Crippen molar-refractivity contribution in [1.82, 2.24) is 20.2 Å². The molecule has 0 aliphatic rings. The van der Waals surface area contributed by atoms with Crippen LogP contribution in [-0.4, -0.2) is 37.1 Å². The number of thioether (sulfide) groups is 1. The number of ketones is 1. The standard InChI is InChI=1S/C21H23N5O2S/c1-14(29-20-23-24-25-26(20)17-8-6-5-7-9-17)18(27)15-10-12-16(13-11-15)22-19(28)21(2,3)4/h5-14H,1-4H3,(H,22,28)/t14-/m1/s1. The van der Waals surface area contributed by atoms with E-state index in [1.807, 2.05) is 58.0 Å². The SMILES string of the molecule is C[C@@H](Sc1nnnn1-c1ccccc1)C(=O)c1ccc(NC(=O)C(C)(C)C)cc1. The van der Waals surface area contributed by atoms with Gasteiger partial charge in [0.15, 0.2) is 5.78 Å². The Labute approximate surface area is 173 Å². The quantitative estimate of drug-likeness (QED) is 0.489. The molecule has 2 aromatic carbocycles. The number of anilines is 1. The Kier molecular flexibility index (Phi) is 6.12. The molecule has 1 atom stereocenters. The van der Waals surface area contributed by atoms with E-state index in [0.29, 0.717) is 16.4 Å². The van der Waals surface area contributed by atoms with Crippen molar-refractivity contribution >= 4 is 29.1 Å². The minimum Gasteiger partial charge on any atom is -0.326 e. The molecule has 1 N–H and O–H groups in total. The fourth-order valence-corrected chi connectivity index (χ4v) is 3.35. The lowest BCUT2D eigenvalue weighted by Crippen LogP contribution is -2.27. The summed E-state index contributed by atoms with van der Waals surface area (Å²) in [5.74, 6) is -0.112. The molecule has 150 valence electrons. The third-order valence-electron chi connectivity index (χ3n) is 4.20. The predicted molar refractivity (Wildman–Crippen MR) is 113 cm³/mol. The van der Waals surface area contributed by atoms with Crippen LogP contribution >= 0.6 is 11.8 Å². The van der Waals surface area contributed by atoms with Crippen LogP contribution in [0, 0.1) is 5.41 Å². The highest BCUT2D eigenvalue weighted by Crippen LogP contribution is 2.26. The number of benzene rings is 2. The van der Waals surface area contributed by atoms with Gasteiger partial charge in [-0.2, -0.15) is 4.68 Å². The van der Waals surface area contributed by atoms with Gasteiger partial charge in [-0.1, -0.05) is 50.7 Å². The molecule has 0 radical (unpaired) electrons. The van der Waals surface area contributed by atoms with E-state index >= 15 is 0 Å². The Morgan fingerprint density at radius 2 is 1.69 bits per heavy atom. The second kappa shape index (κ2) is 8.57. The molecule has 1 heterocycles. The predicted octanol–water partition coefficient (Wildman–Crippen LogP) is 4.01. The van der Waals surface area contributed by atoms with E-state index in [-0.39, 0.29) is 16.9 Å². The van der Waals surface area contributed by atoms with E-state index in [2.05, 4.69) is 20.8 Å². The number of hydrogen-bond donors (Lipinski definition) is 1. The Balaban J connectivity index is 1.68. The number of rotatable bonds is 6. The van der Waals surface area contributed by atoms with Crippen molar-refractivity contribution in [2.75, 3.05) is 5.32 Å². The maximum Gasteiger partial charge on any atom is 0.229 e. The number of nitrogens with one attached hydrogen (secondary N) is 1. The summed E-state index contributed by atoms with van der Waals surface area (Å²) in [6.07, 6.45) is 0. The topological polar surface area (TPSA) is 89.8 Å². The van der Waals surface area contributed by atoms with Gasteiger partial charge in [0.2, 0.25) is 11.1 Å². The van der Waals surface area contributed by atoms with Crippen LogP contribution < -0.4 is 5.32 Å². The molecule has 1 aromatic heterocycles. The molecule has 1 amide bonds. The molecule has 0 spiro atoms. The fourth-order valence-electron chi connectivity index (χ4n) is 2.47. The number of tetrazole rings is 1. The summed E-state index contributed by atoms with van der Waals surface area (Å²) in [5, 5.41) is 14.8. The van der Waals surface area contributed by atoms with E-state index < -0.39 is 5.41 Å². The van der Waals surface area contributed by atoms with Crippen molar-refractivity contribution in [2.24, 2.45) is 5.41 Å². The van der Waals surface area contributed by atoms with E-state index in [4.69, 9.17) is 0 Å². The van der Waals surface area contributed by atoms with E-state index in [0.717, 1.165) is 5.69 Å². The van der Waals surface area contributed by atoms with Gasteiger partial charge in [0, 0.05) is 16.7 Å². The van der Waals surface area contributed by atoms with Crippen molar-refractivity contribution in [1.29, 1.82) is 0 Å². The monoisotopic (exact) mass is 409 g/mol. The number of amides is 1. The second-order valence-electron chi connectivity index (χ2n) is 7.61. The van der Waals surface area contributed by atoms with E-state index in [1.165, 1.54) is 11.8 Å². The number of carbonyl (C=O) groups is 2.